The van der Waals surface area contributed by atoms with Crippen molar-refractivity contribution >= 4 is 30.7 Å². The maximum Gasteiger partial charge on any atom is 0.273 e. The molecule has 0 radical (unpaired) electrons. The molecule has 0 aliphatic carbocycles. The molecule has 0 bridgehead atoms. The Morgan fingerprint density at radius 2 is 2.29 bits per heavy atom. The largest absolute Gasteiger partial charge is 0.355 e. The van der Waals surface area contributed by atoms with Crippen LogP contribution in [0.25, 0.3) is 11.3 Å². The molecule has 3 heterocycles. The summed E-state index contributed by atoms with van der Waals surface area (Å²) in [6.07, 6.45) is 6.81. The summed E-state index contributed by atoms with van der Waals surface area (Å²) in [5.74, 6) is 1.01. The van der Waals surface area contributed by atoms with Crippen molar-refractivity contribution in [2.24, 2.45) is 5.92 Å². The summed E-state index contributed by atoms with van der Waals surface area (Å²) in [7, 11) is 0. The van der Waals surface area contributed by atoms with Crippen molar-refractivity contribution in [3.8, 4) is 11.3 Å². The standard InChI is InChI=1S/C16H20N4O2.2ClH/c21-16(19-8-5-12-3-1-6-17-10-12)14-9-15(22-20-14)13-4-2-7-18-11-13;;/h2,4,7,9,11-12,17H,1,3,5-6,8,10H2,(H,19,21);2*1H. The van der Waals surface area contributed by atoms with Crippen LogP contribution < -0.4 is 10.6 Å². The maximum absolute atomic E-state index is 12.1. The second kappa shape index (κ2) is 10.3. The van der Waals surface area contributed by atoms with Gasteiger partial charge in [-0.25, -0.2) is 0 Å². The van der Waals surface area contributed by atoms with Crippen LogP contribution in [-0.4, -0.2) is 35.7 Å². The molecule has 0 saturated carbocycles. The summed E-state index contributed by atoms with van der Waals surface area (Å²) in [5, 5.41) is 10.1. The molecule has 1 unspecified atom stereocenters. The molecule has 1 aliphatic heterocycles. The second-order valence-electron chi connectivity index (χ2n) is 5.58. The molecule has 2 aromatic rings. The Kier molecular flexibility index (Phi) is 8.74. The van der Waals surface area contributed by atoms with E-state index in [4.69, 9.17) is 4.52 Å². The molecule has 0 spiro atoms. The van der Waals surface area contributed by atoms with Crippen molar-refractivity contribution in [3.63, 3.8) is 0 Å². The van der Waals surface area contributed by atoms with Gasteiger partial charge in [-0.05, 0) is 50.4 Å². The van der Waals surface area contributed by atoms with Gasteiger partial charge in [-0.15, -0.1) is 24.8 Å². The molecule has 1 saturated heterocycles. The maximum atomic E-state index is 12.1. The van der Waals surface area contributed by atoms with Gasteiger partial charge in [0.2, 0.25) is 0 Å². The number of nitrogens with one attached hydrogen (secondary N) is 2. The molecular weight excluding hydrogens is 351 g/mol. The molecule has 24 heavy (non-hydrogen) atoms. The van der Waals surface area contributed by atoms with Crippen molar-refractivity contribution in [2.75, 3.05) is 19.6 Å². The quantitative estimate of drug-likeness (QED) is 0.843. The number of amides is 1. The van der Waals surface area contributed by atoms with E-state index >= 15 is 0 Å². The Bertz CT molecular complexity index is 616. The lowest BCUT2D eigenvalue weighted by atomic mass is 9.96. The van der Waals surface area contributed by atoms with Gasteiger partial charge in [-0.1, -0.05) is 5.16 Å². The zero-order chi connectivity index (χ0) is 15.2. The van der Waals surface area contributed by atoms with Crippen LogP contribution in [0, 0.1) is 5.92 Å². The van der Waals surface area contributed by atoms with E-state index in [0.29, 0.717) is 23.9 Å². The summed E-state index contributed by atoms with van der Waals surface area (Å²) in [4.78, 5) is 16.1. The Balaban J connectivity index is 0.00000144. The summed E-state index contributed by atoms with van der Waals surface area (Å²) >= 11 is 0. The number of rotatable bonds is 5. The van der Waals surface area contributed by atoms with E-state index in [1.54, 1.807) is 18.5 Å². The lowest BCUT2D eigenvalue weighted by Crippen LogP contribution is -2.33. The summed E-state index contributed by atoms with van der Waals surface area (Å²) in [5.41, 5.74) is 1.11. The second-order valence-corrected chi connectivity index (χ2v) is 5.58. The minimum Gasteiger partial charge on any atom is -0.355 e. The third-order valence-electron chi connectivity index (χ3n) is 3.93. The van der Waals surface area contributed by atoms with Crippen LogP contribution in [-0.2, 0) is 0 Å². The van der Waals surface area contributed by atoms with Crippen LogP contribution in [0.1, 0.15) is 29.8 Å². The number of halogens is 2. The van der Waals surface area contributed by atoms with E-state index in [-0.39, 0.29) is 30.7 Å². The van der Waals surface area contributed by atoms with Gasteiger partial charge in [0.1, 0.15) is 0 Å². The van der Waals surface area contributed by atoms with Crippen LogP contribution >= 0.6 is 24.8 Å². The summed E-state index contributed by atoms with van der Waals surface area (Å²) < 4.78 is 5.21. The molecule has 1 fully saturated rings. The smallest absolute Gasteiger partial charge is 0.273 e. The molecule has 6 nitrogen and oxygen atoms in total. The molecule has 2 aromatic heterocycles. The fourth-order valence-electron chi connectivity index (χ4n) is 2.68. The molecule has 1 aliphatic rings. The zero-order valence-corrected chi connectivity index (χ0v) is 14.9. The fraction of sp³-hybridized carbons (Fsp3) is 0.438. The van der Waals surface area contributed by atoms with Crippen molar-refractivity contribution in [1.82, 2.24) is 20.8 Å². The molecular formula is C16H22Cl2N4O2. The number of carbonyl (C=O) groups is 1. The van der Waals surface area contributed by atoms with E-state index in [2.05, 4.69) is 20.8 Å². The van der Waals surface area contributed by atoms with E-state index in [0.717, 1.165) is 25.1 Å². The molecule has 2 N–H and O–H groups in total. The van der Waals surface area contributed by atoms with Crippen LogP contribution in [0.2, 0.25) is 0 Å². The molecule has 0 aromatic carbocycles. The Morgan fingerprint density at radius 1 is 1.42 bits per heavy atom. The minimum absolute atomic E-state index is 0. The molecule has 1 amide bonds. The topological polar surface area (TPSA) is 80.0 Å². The number of hydrogen-bond acceptors (Lipinski definition) is 5. The average molecular weight is 373 g/mol. The van der Waals surface area contributed by atoms with Crippen LogP contribution in [0.3, 0.4) is 0 Å². The number of piperidine rings is 1. The average Bonchev–Trinajstić information content (AvgIpc) is 3.07. The highest BCUT2D eigenvalue weighted by Crippen LogP contribution is 2.19. The molecule has 132 valence electrons. The van der Waals surface area contributed by atoms with Gasteiger partial charge in [-0.3, -0.25) is 9.78 Å². The van der Waals surface area contributed by atoms with Gasteiger partial charge in [0, 0.05) is 30.6 Å². The highest BCUT2D eigenvalue weighted by molar-refractivity contribution is 5.93. The first kappa shape index (κ1) is 20.4. The highest BCUT2D eigenvalue weighted by Gasteiger charge is 2.15. The lowest BCUT2D eigenvalue weighted by Gasteiger charge is -2.22. The summed E-state index contributed by atoms with van der Waals surface area (Å²) in [6, 6.07) is 5.33. The highest BCUT2D eigenvalue weighted by atomic mass is 35.5. The normalized spacial score (nSPS) is 16.6. The SMILES string of the molecule is Cl.Cl.O=C(NCCC1CCCNC1)c1cc(-c2cccnc2)on1. The number of pyridine rings is 1. The first-order valence-corrected chi connectivity index (χ1v) is 7.69. The van der Waals surface area contributed by atoms with E-state index in [1.165, 1.54) is 12.8 Å². The monoisotopic (exact) mass is 372 g/mol. The first-order chi connectivity index (χ1) is 10.8. The van der Waals surface area contributed by atoms with Crippen molar-refractivity contribution in [3.05, 3.63) is 36.3 Å². The van der Waals surface area contributed by atoms with Crippen LogP contribution in [0.15, 0.2) is 35.1 Å². The minimum atomic E-state index is -0.192. The lowest BCUT2D eigenvalue weighted by molar-refractivity contribution is 0.0941. The van der Waals surface area contributed by atoms with Crippen LogP contribution in [0.5, 0.6) is 0 Å². The van der Waals surface area contributed by atoms with E-state index < -0.39 is 0 Å². The number of carbonyl (C=O) groups excluding carboxylic acids is 1. The van der Waals surface area contributed by atoms with E-state index in [9.17, 15) is 4.79 Å². The van der Waals surface area contributed by atoms with E-state index in [1.807, 2.05) is 12.1 Å². The van der Waals surface area contributed by atoms with Crippen molar-refractivity contribution < 1.29 is 9.32 Å². The predicted octanol–water partition coefficient (Wildman–Crippen LogP) is 2.70. The van der Waals surface area contributed by atoms with Gasteiger partial charge in [0.05, 0.1) is 0 Å². The van der Waals surface area contributed by atoms with Crippen molar-refractivity contribution in [2.45, 2.75) is 19.3 Å². The van der Waals surface area contributed by atoms with Gasteiger partial charge in [0.25, 0.3) is 5.91 Å². The fourth-order valence-corrected chi connectivity index (χ4v) is 2.68. The first-order valence-electron chi connectivity index (χ1n) is 7.69. The number of aromatic nitrogens is 2. The number of nitrogens with zero attached hydrogens (tertiary/aromatic N) is 2. The molecule has 1 atom stereocenters. The molecule has 3 rings (SSSR count). The van der Waals surface area contributed by atoms with Gasteiger partial charge >= 0.3 is 0 Å². The third kappa shape index (κ3) is 5.47. The molecule has 8 heteroatoms. The van der Waals surface area contributed by atoms with Gasteiger partial charge in [-0.2, -0.15) is 0 Å². The van der Waals surface area contributed by atoms with Gasteiger partial charge in [0.15, 0.2) is 11.5 Å². The van der Waals surface area contributed by atoms with Crippen LogP contribution in [0.4, 0.5) is 0 Å². The Labute approximate surface area is 153 Å². The van der Waals surface area contributed by atoms with Crippen molar-refractivity contribution in [1.29, 1.82) is 0 Å². The van der Waals surface area contributed by atoms with Gasteiger partial charge < -0.3 is 15.2 Å². The predicted molar refractivity (Wildman–Crippen MR) is 96.8 cm³/mol. The zero-order valence-electron chi connectivity index (χ0n) is 13.2. The summed E-state index contributed by atoms with van der Waals surface area (Å²) in [6.45, 7) is 2.82. The number of hydrogen-bond donors (Lipinski definition) is 2. The Hall–Kier alpha value is -1.63. The Morgan fingerprint density at radius 3 is 3.00 bits per heavy atom. The third-order valence-corrected chi connectivity index (χ3v) is 3.93.